The molecule has 0 amide bonds. The van der Waals surface area contributed by atoms with E-state index in [-0.39, 0.29) is 0 Å². The van der Waals surface area contributed by atoms with Gasteiger partial charge in [-0.05, 0) is 76.5 Å². The Balaban J connectivity index is 1.15. The first kappa shape index (κ1) is 28.6. The number of benzene rings is 7. The lowest BCUT2D eigenvalue weighted by Gasteiger charge is -2.21. The first-order chi connectivity index (χ1) is 25.7. The number of hydrogen-bond donors (Lipinski definition) is 0. The Kier molecular flexibility index (Phi) is 6.12. The highest BCUT2D eigenvalue weighted by Crippen LogP contribution is 2.47. The summed E-state index contributed by atoms with van der Waals surface area (Å²) in [7, 11) is 0. The SMILES string of the molecule is c1ccc(-c2nc3c(-c4ccccc4)nc(-n4c5ccc(-c6ccc7c(c6)Oc6ccccc6O7)cc5c5c6ccccc6ccc54)nc3o2)cc1. The van der Waals surface area contributed by atoms with Gasteiger partial charge in [-0.3, -0.25) is 4.57 Å². The average Bonchev–Trinajstić information content (AvgIpc) is 3.79. The van der Waals surface area contributed by atoms with E-state index in [4.69, 9.17) is 28.8 Å². The molecular weight excluding hydrogens is 645 g/mol. The maximum absolute atomic E-state index is 6.40. The summed E-state index contributed by atoms with van der Waals surface area (Å²) in [5, 5.41) is 4.50. The first-order valence-electron chi connectivity index (χ1n) is 17.1. The lowest BCUT2D eigenvalue weighted by molar-refractivity contribution is 0.360. The first-order valence-corrected chi connectivity index (χ1v) is 17.1. The average molecular weight is 671 g/mol. The second kappa shape index (κ2) is 11.1. The largest absolute Gasteiger partial charge is 0.450 e. The molecule has 3 aromatic heterocycles. The molecule has 0 saturated carbocycles. The summed E-state index contributed by atoms with van der Waals surface area (Å²) in [6.45, 7) is 0. The van der Waals surface area contributed by atoms with Crippen LogP contribution < -0.4 is 9.47 Å². The number of para-hydroxylation sites is 2. The molecule has 0 saturated heterocycles. The van der Waals surface area contributed by atoms with Gasteiger partial charge in [0.05, 0.1) is 11.0 Å². The Morgan fingerprint density at radius 2 is 1.10 bits per heavy atom. The van der Waals surface area contributed by atoms with Crippen LogP contribution in [0.3, 0.4) is 0 Å². The van der Waals surface area contributed by atoms with E-state index in [1.54, 1.807) is 0 Å². The highest BCUT2D eigenvalue weighted by atomic mass is 16.6. The molecule has 7 aromatic carbocycles. The van der Waals surface area contributed by atoms with Crippen LogP contribution in [0.25, 0.3) is 83.6 Å². The van der Waals surface area contributed by atoms with Crippen molar-refractivity contribution < 1.29 is 13.9 Å². The summed E-state index contributed by atoms with van der Waals surface area (Å²) in [6, 6.07) is 53.1. The number of ether oxygens (including phenoxy) is 2. The third-order valence-electron chi connectivity index (χ3n) is 9.74. The zero-order valence-corrected chi connectivity index (χ0v) is 27.5. The van der Waals surface area contributed by atoms with Crippen LogP contribution in [0.15, 0.2) is 162 Å². The van der Waals surface area contributed by atoms with Crippen molar-refractivity contribution in [1.29, 1.82) is 0 Å². The topological polar surface area (TPSA) is 75.2 Å². The molecule has 10 aromatic rings. The van der Waals surface area contributed by atoms with Gasteiger partial charge in [-0.25, -0.2) is 9.97 Å². The normalized spacial score (nSPS) is 12.2. The van der Waals surface area contributed by atoms with Crippen molar-refractivity contribution in [3.63, 3.8) is 0 Å². The van der Waals surface area contributed by atoms with Gasteiger partial charge in [0.1, 0.15) is 5.69 Å². The van der Waals surface area contributed by atoms with Crippen LogP contribution in [0.1, 0.15) is 0 Å². The molecule has 7 heteroatoms. The van der Waals surface area contributed by atoms with Crippen LogP contribution in [-0.2, 0) is 0 Å². The smallest absolute Gasteiger partial charge is 0.252 e. The molecule has 4 heterocycles. The van der Waals surface area contributed by atoms with Crippen LogP contribution in [0.4, 0.5) is 0 Å². The number of nitrogens with zero attached hydrogens (tertiary/aromatic N) is 4. The zero-order valence-electron chi connectivity index (χ0n) is 27.5. The van der Waals surface area contributed by atoms with E-state index in [2.05, 4.69) is 65.2 Å². The van der Waals surface area contributed by atoms with Gasteiger partial charge < -0.3 is 13.9 Å². The molecule has 0 aliphatic carbocycles. The minimum atomic E-state index is 0.424. The van der Waals surface area contributed by atoms with Crippen molar-refractivity contribution in [3.05, 3.63) is 158 Å². The van der Waals surface area contributed by atoms with Gasteiger partial charge in [-0.2, -0.15) is 4.98 Å². The molecule has 0 N–H and O–H groups in total. The van der Waals surface area contributed by atoms with Crippen molar-refractivity contribution in [2.24, 2.45) is 0 Å². The van der Waals surface area contributed by atoms with Gasteiger partial charge in [-0.15, -0.1) is 0 Å². The fourth-order valence-corrected chi connectivity index (χ4v) is 7.31. The summed E-state index contributed by atoms with van der Waals surface area (Å²) in [5.41, 5.74) is 7.58. The molecule has 0 spiro atoms. The molecule has 0 unspecified atom stereocenters. The van der Waals surface area contributed by atoms with Crippen LogP contribution in [-0.4, -0.2) is 19.5 Å². The number of aromatic nitrogens is 4. The van der Waals surface area contributed by atoms with Crippen molar-refractivity contribution >= 4 is 43.8 Å². The van der Waals surface area contributed by atoms with Gasteiger partial charge in [0, 0.05) is 21.9 Å². The van der Waals surface area contributed by atoms with E-state index in [0.717, 1.165) is 54.8 Å². The predicted octanol–water partition coefficient (Wildman–Crippen LogP) is 11.8. The van der Waals surface area contributed by atoms with Crippen LogP contribution >= 0.6 is 0 Å². The fourth-order valence-electron chi connectivity index (χ4n) is 7.31. The lowest BCUT2D eigenvalue weighted by atomic mass is 10.00. The number of oxazole rings is 1. The van der Waals surface area contributed by atoms with Crippen molar-refractivity contribution in [2.45, 2.75) is 0 Å². The predicted molar refractivity (Wildman–Crippen MR) is 204 cm³/mol. The molecule has 52 heavy (non-hydrogen) atoms. The third-order valence-corrected chi connectivity index (χ3v) is 9.74. The molecular formula is C45H26N4O3. The van der Waals surface area contributed by atoms with E-state index >= 15 is 0 Å². The molecule has 11 rings (SSSR count). The lowest BCUT2D eigenvalue weighted by Crippen LogP contribution is -2.03. The summed E-state index contributed by atoms with van der Waals surface area (Å²) in [4.78, 5) is 15.2. The monoisotopic (exact) mass is 670 g/mol. The summed E-state index contributed by atoms with van der Waals surface area (Å²) >= 11 is 0. The highest BCUT2D eigenvalue weighted by molar-refractivity contribution is 6.21. The van der Waals surface area contributed by atoms with Crippen LogP contribution in [0.5, 0.6) is 23.0 Å². The second-order valence-corrected chi connectivity index (χ2v) is 12.8. The van der Waals surface area contributed by atoms with E-state index in [1.807, 2.05) is 97.1 Å². The quantitative estimate of drug-likeness (QED) is 0.185. The Labute approximate surface area is 297 Å². The molecule has 1 aliphatic rings. The Morgan fingerprint density at radius 3 is 1.92 bits per heavy atom. The molecule has 244 valence electrons. The number of fused-ring (bicyclic) bond motifs is 8. The second-order valence-electron chi connectivity index (χ2n) is 12.8. The minimum Gasteiger partial charge on any atom is -0.450 e. The summed E-state index contributed by atoms with van der Waals surface area (Å²) in [6.07, 6.45) is 0. The number of hydrogen-bond acceptors (Lipinski definition) is 6. The van der Waals surface area contributed by atoms with E-state index < -0.39 is 0 Å². The standard InChI is InChI=1S/C45H26N4O3/c1-3-12-28(13-4-1)41-42-44(52-43(46-42)29-14-5-2-6-15-29)48-45(47-41)49-34-22-20-30(25-33(34)40-32-16-8-7-11-27(32)19-23-35(40)49)31-21-24-38-39(26-31)51-37-18-10-9-17-36(37)50-38/h1-26H. The minimum absolute atomic E-state index is 0.424. The molecule has 0 atom stereocenters. The Hall–Kier alpha value is -7.25. The van der Waals surface area contributed by atoms with Crippen molar-refractivity contribution in [1.82, 2.24) is 19.5 Å². The van der Waals surface area contributed by atoms with Gasteiger partial charge in [0.2, 0.25) is 11.8 Å². The Morgan fingerprint density at radius 1 is 0.442 bits per heavy atom. The maximum atomic E-state index is 6.40. The van der Waals surface area contributed by atoms with Crippen molar-refractivity contribution in [3.8, 4) is 62.8 Å². The van der Waals surface area contributed by atoms with Crippen LogP contribution in [0.2, 0.25) is 0 Å². The molecule has 0 fully saturated rings. The van der Waals surface area contributed by atoms with E-state index in [0.29, 0.717) is 51.8 Å². The Bertz CT molecular complexity index is 3020. The molecule has 0 radical (unpaired) electrons. The van der Waals surface area contributed by atoms with Crippen molar-refractivity contribution in [2.75, 3.05) is 0 Å². The maximum Gasteiger partial charge on any atom is 0.252 e. The zero-order chi connectivity index (χ0) is 34.2. The van der Waals surface area contributed by atoms with Crippen LogP contribution in [0, 0.1) is 0 Å². The molecule has 1 aliphatic heterocycles. The van der Waals surface area contributed by atoms with E-state index in [1.165, 1.54) is 0 Å². The third kappa shape index (κ3) is 4.43. The summed E-state index contributed by atoms with van der Waals surface area (Å²) < 4.78 is 20.9. The van der Waals surface area contributed by atoms with Gasteiger partial charge in [0.25, 0.3) is 5.71 Å². The molecule has 0 bridgehead atoms. The highest BCUT2D eigenvalue weighted by Gasteiger charge is 2.23. The van der Waals surface area contributed by atoms with E-state index in [9.17, 15) is 0 Å². The molecule has 7 nitrogen and oxygen atoms in total. The fraction of sp³-hybridized carbons (Fsp3) is 0. The van der Waals surface area contributed by atoms with Gasteiger partial charge in [-0.1, -0.05) is 103 Å². The summed E-state index contributed by atoms with van der Waals surface area (Å²) in [5.74, 6) is 3.79. The number of rotatable bonds is 4. The van der Waals surface area contributed by atoms with Gasteiger partial charge >= 0.3 is 0 Å². The van der Waals surface area contributed by atoms with Gasteiger partial charge in [0.15, 0.2) is 28.5 Å².